The Morgan fingerprint density at radius 1 is 1.26 bits per heavy atom. The van der Waals surface area contributed by atoms with Crippen molar-refractivity contribution in [3.05, 3.63) is 52.8 Å². The number of nitriles is 1. The third-order valence-corrected chi connectivity index (χ3v) is 4.94. The van der Waals surface area contributed by atoms with E-state index in [2.05, 4.69) is 25.9 Å². The molecule has 0 aliphatic heterocycles. The summed E-state index contributed by atoms with van der Waals surface area (Å²) in [5, 5.41) is 45.5. The number of aromatic nitrogens is 4. The van der Waals surface area contributed by atoms with Crippen LogP contribution in [0.1, 0.15) is 58.8 Å². The lowest BCUT2D eigenvalue weighted by molar-refractivity contribution is -0.0314. The zero-order chi connectivity index (χ0) is 25.4. The van der Waals surface area contributed by atoms with E-state index in [0.29, 0.717) is 18.4 Å². The molecule has 0 aliphatic carbocycles. The fraction of sp³-hybridized carbons (Fsp3) is 0.304. The van der Waals surface area contributed by atoms with Gasteiger partial charge >= 0.3 is 0 Å². The second-order valence-corrected chi connectivity index (χ2v) is 7.43. The Kier molecular flexibility index (Phi) is 8.31. The van der Waals surface area contributed by atoms with Gasteiger partial charge in [-0.05, 0) is 42.8 Å². The summed E-state index contributed by atoms with van der Waals surface area (Å²) in [5.41, 5.74) is 0.905. The van der Waals surface area contributed by atoms with Crippen molar-refractivity contribution in [1.29, 1.82) is 5.26 Å². The Hall–Kier alpha value is -4.50. The van der Waals surface area contributed by atoms with Crippen LogP contribution in [0, 0.1) is 11.3 Å². The van der Waals surface area contributed by atoms with E-state index >= 15 is 0 Å². The number of nitrogens with one attached hydrogen (secondary N) is 2. The average Bonchev–Trinajstić information content (AvgIpc) is 3.37. The number of aliphatic hydroxyl groups is 1. The molecular weight excluding hydrogens is 456 g/mol. The Morgan fingerprint density at radius 2 is 2.06 bits per heavy atom. The van der Waals surface area contributed by atoms with Gasteiger partial charge in [-0.3, -0.25) is 9.59 Å². The molecule has 0 radical (unpaired) electrons. The number of aromatic amines is 1. The number of carbonyl (C=O) groups is 2. The van der Waals surface area contributed by atoms with E-state index in [4.69, 9.17) is 9.47 Å². The van der Waals surface area contributed by atoms with Crippen molar-refractivity contribution in [3.8, 4) is 23.3 Å². The Labute approximate surface area is 200 Å². The highest BCUT2D eigenvalue weighted by atomic mass is 16.6. The SMILES string of the molecule is CCCc1c(OC(O)CCOc2cccc(NC(=O)c3nn[nH]n3)c2C#N)ccc(C(C)=O)c1O. The molecule has 1 heterocycles. The van der Waals surface area contributed by atoms with Crippen LogP contribution in [0.4, 0.5) is 5.69 Å². The van der Waals surface area contributed by atoms with Gasteiger partial charge in [0.25, 0.3) is 11.7 Å². The normalized spacial score (nSPS) is 11.4. The largest absolute Gasteiger partial charge is 0.507 e. The van der Waals surface area contributed by atoms with Crippen LogP contribution in [-0.2, 0) is 6.42 Å². The number of rotatable bonds is 11. The lowest BCUT2D eigenvalue weighted by Crippen LogP contribution is -2.20. The summed E-state index contributed by atoms with van der Waals surface area (Å²) < 4.78 is 11.2. The summed E-state index contributed by atoms with van der Waals surface area (Å²) in [6.07, 6.45) is -0.0919. The highest BCUT2D eigenvalue weighted by molar-refractivity contribution is 6.02. The van der Waals surface area contributed by atoms with Gasteiger partial charge in [-0.15, -0.1) is 10.2 Å². The molecule has 0 bridgehead atoms. The lowest BCUT2D eigenvalue weighted by atomic mass is 10.0. The van der Waals surface area contributed by atoms with Crippen molar-refractivity contribution in [2.75, 3.05) is 11.9 Å². The Balaban J connectivity index is 1.64. The number of phenols is 1. The van der Waals surface area contributed by atoms with Gasteiger partial charge in [0.2, 0.25) is 6.29 Å². The molecule has 0 spiro atoms. The molecule has 0 fully saturated rings. The number of tetrazole rings is 1. The molecule has 1 unspecified atom stereocenters. The minimum Gasteiger partial charge on any atom is -0.507 e. The number of nitrogens with zero attached hydrogens (tertiary/aromatic N) is 4. The van der Waals surface area contributed by atoms with Crippen LogP contribution in [0.15, 0.2) is 30.3 Å². The standard InChI is InChI=1S/C23H24N6O6/c1-3-5-15-19(9-8-14(13(2)30)21(15)32)35-20(31)10-11-34-18-7-4-6-17(16(18)12-24)25-23(33)22-26-28-29-27-22/h4,6-9,20,31-32H,3,5,10-11H2,1-2H3,(H,25,33)(H,26,27,28,29). The third kappa shape index (κ3) is 6.10. The van der Waals surface area contributed by atoms with Gasteiger partial charge in [0, 0.05) is 12.0 Å². The summed E-state index contributed by atoms with van der Waals surface area (Å²) in [6.45, 7) is 3.26. The maximum absolute atomic E-state index is 12.2. The first-order valence-electron chi connectivity index (χ1n) is 10.8. The molecular formula is C23H24N6O6. The molecule has 0 saturated carbocycles. The molecule has 1 atom stereocenters. The predicted molar refractivity (Wildman–Crippen MR) is 122 cm³/mol. The summed E-state index contributed by atoms with van der Waals surface area (Å²) in [6, 6.07) is 9.63. The van der Waals surface area contributed by atoms with Gasteiger partial charge in [0.15, 0.2) is 5.78 Å². The Morgan fingerprint density at radius 3 is 2.71 bits per heavy atom. The van der Waals surface area contributed by atoms with E-state index in [0.717, 1.165) is 0 Å². The van der Waals surface area contributed by atoms with E-state index < -0.39 is 12.2 Å². The van der Waals surface area contributed by atoms with Crippen molar-refractivity contribution in [2.45, 2.75) is 39.4 Å². The van der Waals surface area contributed by atoms with E-state index in [1.165, 1.54) is 25.1 Å². The number of amides is 1. The number of ketones is 1. The van der Waals surface area contributed by atoms with E-state index in [-0.39, 0.29) is 58.7 Å². The molecule has 182 valence electrons. The number of aliphatic hydroxyl groups excluding tert-OH is 1. The van der Waals surface area contributed by atoms with Gasteiger partial charge in [-0.25, -0.2) is 0 Å². The van der Waals surface area contributed by atoms with Gasteiger partial charge in [-0.2, -0.15) is 10.5 Å². The van der Waals surface area contributed by atoms with Gasteiger partial charge < -0.3 is 25.0 Å². The average molecular weight is 480 g/mol. The predicted octanol–water partition coefficient (Wildman–Crippen LogP) is 2.35. The lowest BCUT2D eigenvalue weighted by Gasteiger charge is -2.19. The Bertz CT molecular complexity index is 1240. The molecule has 2 aromatic carbocycles. The van der Waals surface area contributed by atoms with Crippen LogP contribution in [-0.4, -0.2) is 55.4 Å². The van der Waals surface area contributed by atoms with Gasteiger partial charge in [-0.1, -0.05) is 19.4 Å². The third-order valence-electron chi connectivity index (χ3n) is 4.94. The molecule has 12 heteroatoms. The summed E-state index contributed by atoms with van der Waals surface area (Å²) >= 11 is 0. The fourth-order valence-corrected chi connectivity index (χ4v) is 3.29. The fourth-order valence-electron chi connectivity index (χ4n) is 3.29. The molecule has 12 nitrogen and oxygen atoms in total. The second kappa shape index (κ2) is 11.6. The quantitative estimate of drug-likeness (QED) is 0.235. The zero-order valence-corrected chi connectivity index (χ0v) is 19.1. The number of ether oxygens (including phenoxy) is 2. The number of Topliss-reactive ketones (excluding diaryl/α,β-unsaturated/α-hetero) is 1. The number of hydrogen-bond donors (Lipinski definition) is 4. The zero-order valence-electron chi connectivity index (χ0n) is 19.1. The molecule has 4 N–H and O–H groups in total. The highest BCUT2D eigenvalue weighted by Gasteiger charge is 2.19. The molecule has 35 heavy (non-hydrogen) atoms. The minimum atomic E-state index is -1.28. The number of hydrogen-bond acceptors (Lipinski definition) is 10. The summed E-state index contributed by atoms with van der Waals surface area (Å²) in [4.78, 5) is 23.9. The van der Waals surface area contributed by atoms with Crippen LogP contribution >= 0.6 is 0 Å². The van der Waals surface area contributed by atoms with E-state index in [1.807, 2.05) is 13.0 Å². The molecule has 3 rings (SSSR count). The number of carbonyl (C=O) groups excluding carboxylic acids is 2. The number of anilines is 1. The summed E-state index contributed by atoms with van der Waals surface area (Å²) in [5.74, 6) is -0.807. The van der Waals surface area contributed by atoms with Crippen molar-refractivity contribution >= 4 is 17.4 Å². The minimum absolute atomic E-state index is 0.0152. The number of H-pyrrole nitrogens is 1. The van der Waals surface area contributed by atoms with Crippen LogP contribution in [0.25, 0.3) is 0 Å². The van der Waals surface area contributed by atoms with Crippen molar-refractivity contribution < 1.29 is 29.3 Å². The first kappa shape index (κ1) is 25.1. The topological polar surface area (TPSA) is 183 Å². The van der Waals surface area contributed by atoms with Crippen LogP contribution < -0.4 is 14.8 Å². The number of phenolic OH excluding ortho intramolecular Hbond substituents is 1. The first-order chi connectivity index (χ1) is 16.8. The number of aromatic hydroxyl groups is 1. The molecule has 0 aliphatic rings. The van der Waals surface area contributed by atoms with E-state index in [9.17, 15) is 25.1 Å². The highest BCUT2D eigenvalue weighted by Crippen LogP contribution is 2.33. The smallest absolute Gasteiger partial charge is 0.297 e. The van der Waals surface area contributed by atoms with Crippen molar-refractivity contribution in [1.82, 2.24) is 20.6 Å². The maximum atomic E-state index is 12.2. The number of benzene rings is 2. The second-order valence-electron chi connectivity index (χ2n) is 7.43. The first-order valence-corrected chi connectivity index (χ1v) is 10.8. The van der Waals surface area contributed by atoms with Crippen LogP contribution in [0.3, 0.4) is 0 Å². The maximum Gasteiger partial charge on any atom is 0.297 e. The van der Waals surface area contributed by atoms with Gasteiger partial charge in [0.05, 0.1) is 17.9 Å². The molecule has 0 saturated heterocycles. The molecule has 1 amide bonds. The van der Waals surface area contributed by atoms with E-state index in [1.54, 1.807) is 12.1 Å². The molecule has 3 aromatic rings. The summed E-state index contributed by atoms with van der Waals surface area (Å²) in [7, 11) is 0. The monoisotopic (exact) mass is 480 g/mol. The van der Waals surface area contributed by atoms with Crippen LogP contribution in [0.5, 0.6) is 17.2 Å². The van der Waals surface area contributed by atoms with Crippen LogP contribution in [0.2, 0.25) is 0 Å². The molecule has 1 aromatic heterocycles. The van der Waals surface area contributed by atoms with Gasteiger partial charge in [0.1, 0.15) is 28.9 Å². The van der Waals surface area contributed by atoms with Crippen molar-refractivity contribution in [2.24, 2.45) is 0 Å². The van der Waals surface area contributed by atoms with Crippen molar-refractivity contribution in [3.63, 3.8) is 0 Å².